The Bertz CT molecular complexity index is 1080. The molecule has 0 radical (unpaired) electrons. The lowest BCUT2D eigenvalue weighted by Gasteiger charge is -2.04. The molecule has 4 aromatic rings. The van der Waals surface area contributed by atoms with Gasteiger partial charge in [0.1, 0.15) is 22.1 Å². The molecule has 3 aromatic heterocycles. The van der Waals surface area contributed by atoms with Crippen LogP contribution in [-0.4, -0.2) is 26.7 Å². The fourth-order valence-electron chi connectivity index (χ4n) is 2.45. The molecule has 130 valence electrons. The molecule has 0 atom stereocenters. The summed E-state index contributed by atoms with van der Waals surface area (Å²) in [6.07, 6.45) is 0. The molecular weight excluding hydrogens is 389 g/mol. The number of Topliss-reactive ketones (excluding diaryl/α,β-unsaturated/α-hetero) is 1. The number of hydrogen-bond acceptors (Lipinski definition) is 7. The van der Waals surface area contributed by atoms with E-state index >= 15 is 0 Å². The Balaban J connectivity index is 1.62. The number of thiazole rings is 1. The van der Waals surface area contributed by atoms with Crippen LogP contribution < -0.4 is 0 Å². The third kappa shape index (κ3) is 3.40. The zero-order valence-corrected chi connectivity index (χ0v) is 16.1. The number of thioether (sulfide) groups is 1. The highest BCUT2D eigenvalue weighted by Crippen LogP contribution is 2.36. The minimum Gasteiger partial charge on any atom is -0.293 e. The van der Waals surface area contributed by atoms with Crippen LogP contribution in [0.4, 0.5) is 4.39 Å². The van der Waals surface area contributed by atoms with Gasteiger partial charge < -0.3 is 0 Å². The molecule has 0 bridgehead atoms. The second-order valence-electron chi connectivity index (χ2n) is 5.46. The third-order valence-corrected chi connectivity index (χ3v) is 6.46. The highest BCUT2D eigenvalue weighted by Gasteiger charge is 2.17. The van der Waals surface area contributed by atoms with Crippen molar-refractivity contribution in [3.63, 3.8) is 0 Å². The molecule has 0 N–H and O–H groups in total. The highest BCUT2D eigenvalue weighted by molar-refractivity contribution is 8.00. The fourth-order valence-corrected chi connectivity index (χ4v) is 5.03. The van der Waals surface area contributed by atoms with Crippen LogP contribution in [-0.2, 0) is 0 Å². The molecule has 0 aliphatic carbocycles. The van der Waals surface area contributed by atoms with Gasteiger partial charge in [-0.3, -0.25) is 4.79 Å². The zero-order valence-electron chi connectivity index (χ0n) is 13.6. The monoisotopic (exact) mass is 401 g/mol. The molecule has 3 heterocycles. The maximum absolute atomic E-state index is 13.0. The first kappa shape index (κ1) is 17.3. The number of nitrogens with zero attached hydrogens (tertiary/aromatic N) is 3. The van der Waals surface area contributed by atoms with E-state index in [9.17, 15) is 9.18 Å². The SMILES string of the molecule is Cc1nc2c(SCC(=O)c3ccc(F)cc3)nnc(-c3cccs3)c2s1. The van der Waals surface area contributed by atoms with Crippen molar-refractivity contribution >= 4 is 50.4 Å². The first-order valence-corrected chi connectivity index (χ1v) is 10.4. The van der Waals surface area contributed by atoms with Crippen molar-refractivity contribution in [2.45, 2.75) is 11.9 Å². The number of hydrogen-bond donors (Lipinski definition) is 0. The lowest BCUT2D eigenvalue weighted by atomic mass is 10.1. The van der Waals surface area contributed by atoms with Gasteiger partial charge in [-0.15, -0.1) is 32.9 Å². The summed E-state index contributed by atoms with van der Waals surface area (Å²) in [6, 6.07) is 9.54. The van der Waals surface area contributed by atoms with Crippen LogP contribution in [0.3, 0.4) is 0 Å². The van der Waals surface area contributed by atoms with E-state index < -0.39 is 0 Å². The Hall–Kier alpha value is -2.16. The van der Waals surface area contributed by atoms with Gasteiger partial charge in [0.2, 0.25) is 0 Å². The first-order valence-electron chi connectivity index (χ1n) is 7.71. The van der Waals surface area contributed by atoms with E-state index in [1.54, 1.807) is 22.7 Å². The minimum absolute atomic E-state index is 0.0840. The van der Waals surface area contributed by atoms with Gasteiger partial charge in [-0.1, -0.05) is 17.8 Å². The van der Waals surface area contributed by atoms with E-state index in [2.05, 4.69) is 15.2 Å². The number of thiophene rings is 1. The fraction of sp³-hybridized carbons (Fsp3) is 0.111. The Morgan fingerprint density at radius 1 is 1.19 bits per heavy atom. The Kier molecular flexibility index (Phi) is 4.80. The summed E-state index contributed by atoms with van der Waals surface area (Å²) in [4.78, 5) is 17.9. The van der Waals surface area contributed by atoms with Crippen molar-refractivity contribution in [2.75, 3.05) is 5.75 Å². The molecule has 8 heteroatoms. The average Bonchev–Trinajstić information content (AvgIpc) is 3.29. The number of benzene rings is 1. The van der Waals surface area contributed by atoms with Gasteiger partial charge >= 0.3 is 0 Å². The van der Waals surface area contributed by atoms with Gasteiger partial charge in [0.05, 0.1) is 20.3 Å². The summed E-state index contributed by atoms with van der Waals surface area (Å²) in [5.41, 5.74) is 2.09. The molecule has 0 spiro atoms. The van der Waals surface area contributed by atoms with Crippen molar-refractivity contribution in [1.82, 2.24) is 15.2 Å². The maximum Gasteiger partial charge on any atom is 0.173 e. The number of carbonyl (C=O) groups is 1. The topological polar surface area (TPSA) is 55.7 Å². The summed E-state index contributed by atoms with van der Waals surface area (Å²) >= 11 is 4.49. The third-order valence-electron chi connectivity index (χ3n) is 3.65. The molecule has 0 fully saturated rings. The van der Waals surface area contributed by atoms with E-state index in [0.717, 1.165) is 25.8 Å². The van der Waals surface area contributed by atoms with Crippen molar-refractivity contribution in [3.05, 3.63) is 58.2 Å². The average molecular weight is 402 g/mol. The molecule has 1 aromatic carbocycles. The van der Waals surface area contributed by atoms with Crippen LogP contribution in [0, 0.1) is 12.7 Å². The molecule has 4 rings (SSSR count). The maximum atomic E-state index is 13.0. The Labute approximate surface area is 161 Å². The number of carbonyl (C=O) groups excluding carboxylic acids is 1. The standard InChI is InChI=1S/C18H12FN3OS3/c1-10-20-16-17(26-10)15(14-3-2-8-24-14)21-22-18(16)25-9-13(23)11-4-6-12(19)7-5-11/h2-8H,9H2,1H3. The molecule has 0 amide bonds. The van der Waals surface area contributed by atoms with Crippen LogP contribution in [0.25, 0.3) is 20.8 Å². The van der Waals surface area contributed by atoms with Gasteiger partial charge in [-0.05, 0) is 42.6 Å². The van der Waals surface area contributed by atoms with Crippen molar-refractivity contribution in [3.8, 4) is 10.6 Å². The molecule has 0 saturated heterocycles. The molecule has 0 aliphatic heterocycles. The summed E-state index contributed by atoms with van der Waals surface area (Å²) in [5, 5.41) is 12.3. The summed E-state index contributed by atoms with van der Waals surface area (Å²) in [6.45, 7) is 1.95. The second kappa shape index (κ2) is 7.22. The number of aromatic nitrogens is 3. The predicted molar refractivity (Wildman–Crippen MR) is 105 cm³/mol. The first-order chi connectivity index (χ1) is 12.6. The van der Waals surface area contributed by atoms with Crippen molar-refractivity contribution < 1.29 is 9.18 Å². The Morgan fingerprint density at radius 3 is 2.73 bits per heavy atom. The lowest BCUT2D eigenvalue weighted by Crippen LogP contribution is -2.03. The van der Waals surface area contributed by atoms with Crippen molar-refractivity contribution in [2.24, 2.45) is 0 Å². The highest BCUT2D eigenvalue weighted by atomic mass is 32.2. The van der Waals surface area contributed by atoms with Gasteiger partial charge in [0.15, 0.2) is 5.78 Å². The summed E-state index contributed by atoms with van der Waals surface area (Å²) < 4.78 is 14.0. The molecule has 0 aliphatic rings. The van der Waals surface area contributed by atoms with Crippen LogP contribution in [0.5, 0.6) is 0 Å². The lowest BCUT2D eigenvalue weighted by molar-refractivity contribution is 0.102. The van der Waals surface area contributed by atoms with Crippen LogP contribution in [0.1, 0.15) is 15.4 Å². The molecule has 0 unspecified atom stereocenters. The predicted octanol–water partition coefficient (Wildman–Crippen LogP) is 5.24. The van der Waals surface area contributed by atoms with Crippen LogP contribution in [0.2, 0.25) is 0 Å². The smallest absolute Gasteiger partial charge is 0.173 e. The molecule has 26 heavy (non-hydrogen) atoms. The van der Waals surface area contributed by atoms with Gasteiger partial charge in [0.25, 0.3) is 0 Å². The van der Waals surface area contributed by atoms with E-state index in [1.165, 1.54) is 36.0 Å². The van der Waals surface area contributed by atoms with Crippen molar-refractivity contribution in [1.29, 1.82) is 0 Å². The van der Waals surface area contributed by atoms with E-state index in [-0.39, 0.29) is 17.4 Å². The van der Waals surface area contributed by atoms with Crippen LogP contribution >= 0.6 is 34.4 Å². The number of halogens is 1. The summed E-state index contributed by atoms with van der Waals surface area (Å²) in [5.74, 6) is -0.243. The largest absolute Gasteiger partial charge is 0.293 e. The van der Waals surface area contributed by atoms with Gasteiger partial charge in [-0.2, -0.15) is 0 Å². The van der Waals surface area contributed by atoms with E-state index in [1.807, 2.05) is 24.4 Å². The number of rotatable bonds is 5. The molecule has 4 nitrogen and oxygen atoms in total. The summed E-state index contributed by atoms with van der Waals surface area (Å²) in [7, 11) is 0. The van der Waals surface area contributed by atoms with Gasteiger partial charge in [0, 0.05) is 5.56 Å². The van der Waals surface area contributed by atoms with E-state index in [4.69, 9.17) is 0 Å². The van der Waals surface area contributed by atoms with Crippen LogP contribution in [0.15, 0.2) is 46.8 Å². The van der Waals surface area contributed by atoms with E-state index in [0.29, 0.717) is 10.6 Å². The minimum atomic E-state index is -0.358. The number of fused-ring (bicyclic) bond motifs is 1. The second-order valence-corrected chi connectivity index (χ2v) is 8.58. The number of aryl methyl sites for hydroxylation is 1. The van der Waals surface area contributed by atoms with Gasteiger partial charge in [-0.25, -0.2) is 9.37 Å². The zero-order chi connectivity index (χ0) is 18.1. The normalized spacial score (nSPS) is 11.2. The Morgan fingerprint density at radius 2 is 2.00 bits per heavy atom. The quantitative estimate of drug-likeness (QED) is 0.338. The number of ketones is 1. The molecular formula is C18H12FN3OS3. The molecule has 0 saturated carbocycles.